The Balaban J connectivity index is 2.09. The second kappa shape index (κ2) is 11.2. The first-order chi connectivity index (χ1) is 13.9. The molecule has 1 aromatic carbocycles. The van der Waals surface area contributed by atoms with Gasteiger partial charge in [0.2, 0.25) is 5.91 Å². The van der Waals surface area contributed by atoms with Gasteiger partial charge in [0.15, 0.2) is 5.12 Å². The van der Waals surface area contributed by atoms with Gasteiger partial charge in [0, 0.05) is 13.1 Å². The Morgan fingerprint density at radius 3 is 2.59 bits per heavy atom. The highest BCUT2D eigenvalue weighted by Crippen LogP contribution is 2.18. The Kier molecular flexibility index (Phi) is 8.67. The Hall–Kier alpha value is -2.87. The van der Waals surface area contributed by atoms with Crippen molar-refractivity contribution in [3.63, 3.8) is 0 Å². The van der Waals surface area contributed by atoms with E-state index >= 15 is 0 Å². The van der Waals surface area contributed by atoms with E-state index in [9.17, 15) is 19.2 Å². The lowest BCUT2D eigenvalue weighted by molar-refractivity contribution is -0.147. The van der Waals surface area contributed by atoms with Crippen LogP contribution in [0.2, 0.25) is 0 Å². The second-order valence-corrected chi connectivity index (χ2v) is 7.65. The molecule has 2 rings (SSSR count). The zero-order chi connectivity index (χ0) is 21.2. The van der Waals surface area contributed by atoms with E-state index in [4.69, 9.17) is 4.74 Å². The van der Waals surface area contributed by atoms with Crippen molar-refractivity contribution in [1.82, 2.24) is 10.2 Å². The molecule has 0 saturated heterocycles. The Bertz CT molecular complexity index is 807. The number of carbonyl (C=O) groups is 4. The number of allylic oxidation sites excluding steroid dienone is 2. The molecule has 0 unspecified atom stereocenters. The molecule has 1 aliphatic rings. The minimum atomic E-state index is -0.947. The number of nitrogens with zero attached hydrogens (tertiary/aromatic N) is 1. The average Bonchev–Trinajstić information content (AvgIpc) is 2.84. The summed E-state index contributed by atoms with van der Waals surface area (Å²) >= 11 is 0.926. The summed E-state index contributed by atoms with van der Waals surface area (Å²) in [5.41, 5.74) is 0.912. The molecular formula is C21H24N2O5S. The van der Waals surface area contributed by atoms with Gasteiger partial charge in [0.1, 0.15) is 12.6 Å². The molecule has 8 heteroatoms. The van der Waals surface area contributed by atoms with Crippen molar-refractivity contribution in [2.45, 2.75) is 31.6 Å². The summed E-state index contributed by atoms with van der Waals surface area (Å²) in [7, 11) is 0. The quantitative estimate of drug-likeness (QED) is 0.650. The second-order valence-electron chi connectivity index (χ2n) is 6.27. The summed E-state index contributed by atoms with van der Waals surface area (Å²) in [6.07, 6.45) is 6.59. The van der Waals surface area contributed by atoms with Gasteiger partial charge < -0.3 is 15.0 Å². The summed E-state index contributed by atoms with van der Waals surface area (Å²) in [4.78, 5) is 50.2. The molecule has 0 radical (unpaired) electrons. The Morgan fingerprint density at radius 1 is 1.21 bits per heavy atom. The van der Waals surface area contributed by atoms with Crippen LogP contribution in [0.1, 0.15) is 19.4 Å². The summed E-state index contributed by atoms with van der Waals surface area (Å²) in [6.45, 7) is 3.05. The summed E-state index contributed by atoms with van der Waals surface area (Å²) < 4.78 is 4.88. The fourth-order valence-electron chi connectivity index (χ4n) is 2.71. The van der Waals surface area contributed by atoms with Crippen LogP contribution < -0.4 is 5.32 Å². The molecule has 1 aromatic rings. The molecule has 29 heavy (non-hydrogen) atoms. The van der Waals surface area contributed by atoms with Crippen LogP contribution in [0.3, 0.4) is 0 Å². The number of ether oxygens (including phenoxy) is 1. The minimum absolute atomic E-state index is 0.186. The number of nitrogens with one attached hydrogen (secondary N) is 1. The van der Waals surface area contributed by atoms with Crippen molar-refractivity contribution >= 4 is 34.7 Å². The maximum absolute atomic E-state index is 12.8. The van der Waals surface area contributed by atoms with Crippen molar-refractivity contribution in [3.8, 4) is 0 Å². The number of benzene rings is 1. The van der Waals surface area contributed by atoms with Crippen molar-refractivity contribution in [2.75, 3.05) is 13.2 Å². The smallest absolute Gasteiger partial charge is 0.326 e. The lowest BCUT2D eigenvalue weighted by Gasteiger charge is -2.23. The summed E-state index contributed by atoms with van der Waals surface area (Å²) in [6, 6.07) is 8.40. The van der Waals surface area contributed by atoms with Crippen LogP contribution >= 0.6 is 11.8 Å². The van der Waals surface area contributed by atoms with Crippen LogP contribution in [0.25, 0.3) is 0 Å². The van der Waals surface area contributed by atoms with E-state index in [1.54, 1.807) is 25.2 Å². The van der Waals surface area contributed by atoms with Crippen LogP contribution in [0.4, 0.5) is 0 Å². The highest BCUT2D eigenvalue weighted by Gasteiger charge is 2.29. The average molecular weight is 416 g/mol. The van der Waals surface area contributed by atoms with Gasteiger partial charge in [0.05, 0.1) is 11.9 Å². The number of thioether (sulfide) groups is 1. The molecule has 0 saturated carbocycles. The SMILES string of the molecule is CCOC(=O)CN1C=CC=C[C@H](NC(=O)[C@H](Cc2ccccc2)SC(C)=O)C1=O. The van der Waals surface area contributed by atoms with Crippen LogP contribution in [-0.2, 0) is 30.3 Å². The third-order valence-corrected chi connectivity index (χ3v) is 4.99. The lowest BCUT2D eigenvalue weighted by Crippen LogP contribution is -2.49. The summed E-state index contributed by atoms with van der Waals surface area (Å²) in [5, 5.41) is 1.83. The monoisotopic (exact) mass is 416 g/mol. The molecule has 0 aliphatic carbocycles. The number of hydrogen-bond donors (Lipinski definition) is 1. The highest BCUT2D eigenvalue weighted by atomic mass is 32.2. The van der Waals surface area contributed by atoms with Gasteiger partial charge in [-0.3, -0.25) is 19.2 Å². The molecular weight excluding hydrogens is 392 g/mol. The Morgan fingerprint density at radius 2 is 1.93 bits per heavy atom. The van der Waals surface area contributed by atoms with Gasteiger partial charge >= 0.3 is 5.97 Å². The van der Waals surface area contributed by atoms with Gasteiger partial charge in [0.25, 0.3) is 5.91 Å². The number of amides is 2. The fourth-order valence-corrected chi connectivity index (χ4v) is 3.56. The summed E-state index contributed by atoms with van der Waals surface area (Å²) in [5.74, 6) is -1.41. The molecule has 7 nitrogen and oxygen atoms in total. The van der Waals surface area contributed by atoms with Crippen LogP contribution in [-0.4, -0.2) is 52.2 Å². The first-order valence-corrected chi connectivity index (χ1v) is 10.1. The number of esters is 1. The predicted molar refractivity (Wildman–Crippen MR) is 111 cm³/mol. The standard InChI is InChI=1S/C21H24N2O5S/c1-3-28-19(25)14-23-12-8-7-11-17(21(23)27)22-20(26)18(29-15(2)24)13-16-9-5-4-6-10-16/h4-12,17-18H,3,13-14H2,1-2H3,(H,22,26)/t17-,18-/m0/s1. The maximum atomic E-state index is 12.8. The molecule has 0 bridgehead atoms. The maximum Gasteiger partial charge on any atom is 0.326 e. The number of rotatable bonds is 8. The normalized spacial score (nSPS) is 16.8. The van der Waals surface area contributed by atoms with E-state index < -0.39 is 29.1 Å². The topological polar surface area (TPSA) is 92.8 Å². The van der Waals surface area contributed by atoms with E-state index in [2.05, 4.69) is 5.32 Å². The van der Waals surface area contributed by atoms with E-state index in [1.807, 2.05) is 30.3 Å². The molecule has 0 spiro atoms. The third kappa shape index (κ3) is 7.23. The van der Waals surface area contributed by atoms with Crippen LogP contribution in [0.5, 0.6) is 0 Å². The largest absolute Gasteiger partial charge is 0.465 e. The number of hydrogen-bond acceptors (Lipinski definition) is 6. The van der Waals surface area contributed by atoms with Gasteiger partial charge in [-0.2, -0.15) is 0 Å². The van der Waals surface area contributed by atoms with E-state index in [0.717, 1.165) is 17.3 Å². The first-order valence-electron chi connectivity index (χ1n) is 9.23. The Labute approximate surface area is 174 Å². The molecule has 1 aliphatic heterocycles. The predicted octanol–water partition coefficient (Wildman–Crippen LogP) is 1.84. The van der Waals surface area contributed by atoms with E-state index in [0.29, 0.717) is 6.42 Å². The molecule has 154 valence electrons. The molecule has 0 aromatic heterocycles. The van der Waals surface area contributed by atoms with Crippen molar-refractivity contribution in [2.24, 2.45) is 0 Å². The van der Waals surface area contributed by atoms with Gasteiger partial charge in [-0.15, -0.1) is 0 Å². The highest BCUT2D eigenvalue weighted by molar-refractivity contribution is 8.14. The van der Waals surface area contributed by atoms with Crippen LogP contribution in [0, 0.1) is 0 Å². The van der Waals surface area contributed by atoms with E-state index in [-0.39, 0.29) is 18.3 Å². The number of carbonyl (C=O) groups excluding carboxylic acids is 4. The third-order valence-electron chi connectivity index (χ3n) is 4.00. The molecule has 1 N–H and O–H groups in total. The van der Waals surface area contributed by atoms with Crippen molar-refractivity contribution < 1.29 is 23.9 Å². The van der Waals surface area contributed by atoms with Crippen LogP contribution in [0.15, 0.2) is 54.8 Å². The molecule has 0 fully saturated rings. The minimum Gasteiger partial charge on any atom is -0.465 e. The molecule has 1 heterocycles. The molecule has 2 atom stereocenters. The zero-order valence-electron chi connectivity index (χ0n) is 16.4. The van der Waals surface area contributed by atoms with Gasteiger partial charge in [-0.1, -0.05) is 54.2 Å². The van der Waals surface area contributed by atoms with Gasteiger partial charge in [-0.05, 0) is 25.0 Å². The van der Waals surface area contributed by atoms with E-state index in [1.165, 1.54) is 18.0 Å². The molecule has 2 amide bonds. The lowest BCUT2D eigenvalue weighted by atomic mass is 10.1. The van der Waals surface area contributed by atoms with Crippen molar-refractivity contribution in [1.29, 1.82) is 0 Å². The zero-order valence-corrected chi connectivity index (χ0v) is 17.2. The van der Waals surface area contributed by atoms with Crippen molar-refractivity contribution in [3.05, 3.63) is 60.3 Å². The first kappa shape index (κ1) is 22.4. The van der Waals surface area contributed by atoms with Gasteiger partial charge in [-0.25, -0.2) is 0 Å². The fraction of sp³-hybridized carbons (Fsp3) is 0.333.